The first-order valence-corrected chi connectivity index (χ1v) is 12.2. The van der Waals surface area contributed by atoms with E-state index in [0.29, 0.717) is 11.0 Å². The van der Waals surface area contributed by atoms with Gasteiger partial charge in [0.15, 0.2) is 17.1 Å². The summed E-state index contributed by atoms with van der Waals surface area (Å²) in [5.74, 6) is 1.70. The maximum Gasteiger partial charge on any atom is 0.234 e. The van der Waals surface area contributed by atoms with E-state index in [-0.39, 0.29) is 17.8 Å². The van der Waals surface area contributed by atoms with Crippen LogP contribution in [0.3, 0.4) is 0 Å². The second-order valence-corrected chi connectivity index (χ2v) is 9.60. The van der Waals surface area contributed by atoms with E-state index in [4.69, 9.17) is 4.74 Å². The molecular weight excluding hydrogens is 523 g/mol. The van der Waals surface area contributed by atoms with Gasteiger partial charge in [0, 0.05) is 16.3 Å². The van der Waals surface area contributed by atoms with E-state index in [0.717, 1.165) is 32.6 Å². The van der Waals surface area contributed by atoms with Crippen molar-refractivity contribution in [3.05, 3.63) is 62.5 Å². The third-order valence-electron chi connectivity index (χ3n) is 4.97. The van der Waals surface area contributed by atoms with Gasteiger partial charge in [0.2, 0.25) is 5.91 Å². The minimum Gasteiger partial charge on any atom is -0.483 e. The SMILES string of the molecule is CCc1ccc(O[C@@H](C)c2nnc(SCC(=O)Nc3c(C)cc(I)cc3C)n2C)cc1. The fraction of sp³-hybridized carbons (Fsp3) is 0.348. The molecular formula is C23H27IN4O2S. The first kappa shape index (κ1) is 23.6. The summed E-state index contributed by atoms with van der Waals surface area (Å²) in [6.45, 7) is 8.08. The van der Waals surface area contributed by atoms with Crippen molar-refractivity contribution in [2.75, 3.05) is 11.1 Å². The first-order valence-electron chi connectivity index (χ1n) is 10.1. The number of halogens is 1. The molecule has 6 nitrogen and oxygen atoms in total. The molecule has 2 aromatic carbocycles. The van der Waals surface area contributed by atoms with Crippen molar-refractivity contribution in [1.29, 1.82) is 0 Å². The Kier molecular flexibility index (Phi) is 7.99. The highest BCUT2D eigenvalue weighted by Gasteiger charge is 2.18. The smallest absolute Gasteiger partial charge is 0.234 e. The molecule has 1 heterocycles. The molecule has 0 unspecified atom stereocenters. The number of thioether (sulfide) groups is 1. The molecule has 0 aliphatic carbocycles. The van der Waals surface area contributed by atoms with E-state index >= 15 is 0 Å². The number of nitrogens with zero attached hydrogens (tertiary/aromatic N) is 3. The predicted octanol–water partition coefficient (Wildman–Crippen LogP) is 5.47. The van der Waals surface area contributed by atoms with Crippen molar-refractivity contribution in [3.8, 4) is 5.75 Å². The van der Waals surface area contributed by atoms with Crippen molar-refractivity contribution in [2.45, 2.75) is 45.4 Å². The summed E-state index contributed by atoms with van der Waals surface area (Å²) >= 11 is 3.64. The van der Waals surface area contributed by atoms with Crippen LogP contribution in [0.1, 0.15) is 42.5 Å². The number of aryl methyl sites for hydroxylation is 3. The third-order valence-corrected chi connectivity index (χ3v) is 6.61. The monoisotopic (exact) mass is 550 g/mol. The fourth-order valence-electron chi connectivity index (χ4n) is 3.28. The number of ether oxygens (including phenoxy) is 1. The number of carbonyl (C=O) groups is 1. The highest BCUT2D eigenvalue weighted by Crippen LogP contribution is 2.26. The van der Waals surface area contributed by atoms with Crippen LogP contribution in [0.5, 0.6) is 5.75 Å². The topological polar surface area (TPSA) is 69.0 Å². The van der Waals surface area contributed by atoms with Gasteiger partial charge in [-0.15, -0.1) is 10.2 Å². The van der Waals surface area contributed by atoms with Crippen LogP contribution >= 0.6 is 34.4 Å². The molecule has 1 aromatic heterocycles. The number of anilines is 1. The summed E-state index contributed by atoms with van der Waals surface area (Å²) < 4.78 is 9.06. The molecule has 1 amide bonds. The average molecular weight is 550 g/mol. The Morgan fingerprint density at radius 1 is 1.19 bits per heavy atom. The van der Waals surface area contributed by atoms with Gasteiger partial charge in [-0.3, -0.25) is 4.79 Å². The van der Waals surface area contributed by atoms with Crippen LogP contribution in [0, 0.1) is 17.4 Å². The lowest BCUT2D eigenvalue weighted by atomic mass is 10.1. The molecule has 0 aliphatic heterocycles. The molecule has 3 aromatic rings. The maximum absolute atomic E-state index is 12.5. The van der Waals surface area contributed by atoms with Crippen molar-refractivity contribution >= 4 is 45.9 Å². The standard InChI is InChI=1S/C23H27IN4O2S/c1-6-17-7-9-19(10-8-17)30-16(4)22-26-27-23(28(22)5)31-13-20(29)25-21-14(2)11-18(24)12-15(21)3/h7-12,16H,6,13H2,1-5H3,(H,25,29)/t16-/m0/s1. The Morgan fingerprint density at radius 3 is 2.45 bits per heavy atom. The highest BCUT2D eigenvalue weighted by molar-refractivity contribution is 14.1. The van der Waals surface area contributed by atoms with Gasteiger partial charge in [0.1, 0.15) is 5.75 Å². The minimum atomic E-state index is -0.259. The number of benzene rings is 2. The molecule has 1 atom stereocenters. The molecule has 3 rings (SSSR count). The van der Waals surface area contributed by atoms with Crippen LogP contribution < -0.4 is 10.1 Å². The number of rotatable bonds is 8. The molecule has 0 saturated carbocycles. The molecule has 31 heavy (non-hydrogen) atoms. The molecule has 0 spiro atoms. The molecule has 8 heteroatoms. The van der Waals surface area contributed by atoms with Crippen LogP contribution in [0.4, 0.5) is 5.69 Å². The summed E-state index contributed by atoms with van der Waals surface area (Å²) in [4.78, 5) is 12.5. The molecule has 0 fully saturated rings. The van der Waals surface area contributed by atoms with Crippen LogP contribution in [-0.4, -0.2) is 26.4 Å². The van der Waals surface area contributed by atoms with Crippen LogP contribution in [0.15, 0.2) is 41.6 Å². The second-order valence-electron chi connectivity index (χ2n) is 7.41. The molecule has 164 valence electrons. The molecule has 1 N–H and O–H groups in total. The average Bonchev–Trinajstić information content (AvgIpc) is 3.10. The van der Waals surface area contributed by atoms with Gasteiger partial charge in [0.05, 0.1) is 5.75 Å². The normalized spacial score (nSPS) is 11.9. The predicted molar refractivity (Wildman–Crippen MR) is 134 cm³/mol. The van der Waals surface area contributed by atoms with E-state index in [9.17, 15) is 4.79 Å². The van der Waals surface area contributed by atoms with Gasteiger partial charge in [0.25, 0.3) is 0 Å². The number of hydrogen-bond acceptors (Lipinski definition) is 5. The highest BCUT2D eigenvalue weighted by atomic mass is 127. The third kappa shape index (κ3) is 6.00. The van der Waals surface area contributed by atoms with E-state index < -0.39 is 0 Å². The largest absolute Gasteiger partial charge is 0.483 e. The van der Waals surface area contributed by atoms with Gasteiger partial charge in [-0.05, 0) is 90.7 Å². The summed E-state index contributed by atoms with van der Waals surface area (Å²) in [5.41, 5.74) is 4.26. The Morgan fingerprint density at radius 2 is 1.84 bits per heavy atom. The maximum atomic E-state index is 12.5. The van der Waals surface area contributed by atoms with Crippen molar-refractivity contribution < 1.29 is 9.53 Å². The summed E-state index contributed by atoms with van der Waals surface area (Å²) in [7, 11) is 1.89. The molecule has 0 radical (unpaired) electrons. The number of amides is 1. The van der Waals surface area contributed by atoms with Gasteiger partial charge < -0.3 is 14.6 Å². The van der Waals surface area contributed by atoms with E-state index in [1.165, 1.54) is 17.3 Å². The van der Waals surface area contributed by atoms with E-state index in [1.54, 1.807) is 0 Å². The zero-order valence-corrected chi connectivity index (χ0v) is 21.4. The van der Waals surface area contributed by atoms with Crippen molar-refractivity contribution in [3.63, 3.8) is 0 Å². The number of aromatic nitrogens is 3. The Hall–Kier alpha value is -2.07. The number of nitrogens with one attached hydrogen (secondary N) is 1. The van der Waals surface area contributed by atoms with Crippen LogP contribution in [0.25, 0.3) is 0 Å². The van der Waals surface area contributed by atoms with Gasteiger partial charge >= 0.3 is 0 Å². The number of carbonyl (C=O) groups excluding carboxylic acids is 1. The second kappa shape index (κ2) is 10.5. The first-order chi connectivity index (χ1) is 14.8. The Balaban J connectivity index is 1.60. The van der Waals surface area contributed by atoms with Crippen LogP contribution in [0.2, 0.25) is 0 Å². The van der Waals surface area contributed by atoms with E-state index in [2.05, 4.69) is 69.3 Å². The zero-order valence-electron chi connectivity index (χ0n) is 18.4. The molecule has 0 bridgehead atoms. The van der Waals surface area contributed by atoms with Crippen molar-refractivity contribution in [2.24, 2.45) is 7.05 Å². The van der Waals surface area contributed by atoms with Crippen LogP contribution in [-0.2, 0) is 18.3 Å². The van der Waals surface area contributed by atoms with Gasteiger partial charge in [-0.25, -0.2) is 0 Å². The van der Waals surface area contributed by atoms with Gasteiger partial charge in [-0.1, -0.05) is 30.8 Å². The van der Waals surface area contributed by atoms with Gasteiger partial charge in [-0.2, -0.15) is 0 Å². The Labute approximate surface area is 201 Å². The molecule has 0 aliphatic rings. The van der Waals surface area contributed by atoms with E-state index in [1.807, 2.05) is 44.5 Å². The zero-order chi connectivity index (χ0) is 22.5. The molecule has 0 saturated heterocycles. The summed E-state index contributed by atoms with van der Waals surface area (Å²) in [6, 6.07) is 12.2. The quantitative estimate of drug-likeness (QED) is 0.298. The summed E-state index contributed by atoms with van der Waals surface area (Å²) in [5, 5.41) is 12.2. The lowest BCUT2D eigenvalue weighted by Crippen LogP contribution is -2.16. The summed E-state index contributed by atoms with van der Waals surface area (Å²) in [6.07, 6.45) is 0.737. The Bertz CT molecular complexity index is 1040. The lowest BCUT2D eigenvalue weighted by molar-refractivity contribution is -0.113. The number of hydrogen-bond donors (Lipinski definition) is 1. The van der Waals surface area contributed by atoms with Crippen molar-refractivity contribution in [1.82, 2.24) is 14.8 Å². The minimum absolute atomic E-state index is 0.0673. The lowest BCUT2D eigenvalue weighted by Gasteiger charge is -2.14. The fourth-order valence-corrected chi connectivity index (χ4v) is 4.93.